The molecular formula is C134H252N2O4S3. The molecule has 0 aliphatic rings. The minimum Gasteiger partial charge on any atom is -0.759 e. The Morgan fingerprint density at radius 2 is 0.266 bits per heavy atom. The summed E-state index contributed by atoms with van der Waals surface area (Å²) in [6.07, 6.45) is 150. The highest BCUT2D eigenvalue weighted by atomic mass is 32.3. The maximum atomic E-state index is 8.52. The van der Waals surface area contributed by atoms with E-state index in [0.717, 1.165) is 0 Å². The van der Waals surface area contributed by atoms with Gasteiger partial charge in [-0.15, -0.1) is 0 Å². The van der Waals surface area contributed by atoms with Gasteiger partial charge < -0.3 is 9.11 Å². The Morgan fingerprint density at radius 3 is 0.420 bits per heavy atom. The van der Waals surface area contributed by atoms with Crippen LogP contribution in [0.1, 0.15) is 754 Å². The van der Waals surface area contributed by atoms with E-state index >= 15 is 0 Å². The molecule has 0 N–H and O–H groups in total. The predicted octanol–water partition coefficient (Wildman–Crippen LogP) is 46.2. The summed E-state index contributed by atoms with van der Waals surface area (Å²) >= 11 is 4.66. The third kappa shape index (κ3) is 73.9. The van der Waals surface area contributed by atoms with Crippen molar-refractivity contribution in [2.75, 3.05) is 0 Å². The van der Waals surface area contributed by atoms with Crippen molar-refractivity contribution < 1.29 is 26.7 Å². The van der Waals surface area contributed by atoms with Gasteiger partial charge in [0.15, 0.2) is 0 Å². The number of thiazole rings is 2. The molecule has 2 aromatic heterocycles. The summed E-state index contributed by atoms with van der Waals surface area (Å²) in [7, 11) is -5.17. The second-order valence-electron chi connectivity index (χ2n) is 46.1. The van der Waals surface area contributed by atoms with Gasteiger partial charge in [0, 0.05) is 47.2 Å². The molecule has 2 aromatic carbocycles. The van der Waals surface area contributed by atoms with Gasteiger partial charge in [-0.1, -0.05) is 632 Å². The van der Waals surface area contributed by atoms with E-state index in [1.54, 1.807) is 30.4 Å². The highest BCUT2D eigenvalue weighted by molar-refractivity contribution is 7.79. The number of rotatable bonds is 108. The van der Waals surface area contributed by atoms with E-state index < -0.39 is 10.4 Å². The lowest BCUT2D eigenvalue weighted by Crippen LogP contribution is -2.37. The fraction of sp³-hybridized carbons (Fsp3) is 0.896. The first-order chi connectivity index (χ1) is 70.4. The summed E-state index contributed by atoms with van der Waals surface area (Å²) in [5.41, 5.74) is 18.6. The van der Waals surface area contributed by atoms with Crippen molar-refractivity contribution in [1.82, 2.24) is 0 Å². The van der Waals surface area contributed by atoms with Crippen molar-refractivity contribution in [3.8, 4) is 0 Å². The SMILES string of the molecule is CCCCCCCCCCc1c(CCCCCCCCCC)c(CCCCCCCCCC)c2c(sc(CCCCCCCCCC)[n+]2CCCCCCCCCC)c1CCCCCCCCCC.CCCCCCCCCCc1c(CCCCCCCCCC)c(CCCCCCCCCC)c2c(sc(CCCCCCCCCC)[n+]2CCCCCCCCCC)c1CCCCCCCCCC.O=S(=O)([O-])[O-]. The monoisotopic (exact) mass is 2050 g/mol. The summed E-state index contributed by atoms with van der Waals surface area (Å²) in [5, 5.41) is 3.52. The Balaban J connectivity index is 0.000000922. The number of benzene rings is 2. The average molecular weight is 2050 g/mol. The van der Waals surface area contributed by atoms with Crippen LogP contribution in [0.4, 0.5) is 0 Å². The van der Waals surface area contributed by atoms with Gasteiger partial charge in [0.25, 0.3) is 0 Å². The number of aromatic nitrogens is 2. The number of unbranched alkanes of at least 4 members (excludes halogenated alkanes) is 84. The molecule has 0 saturated carbocycles. The average Bonchev–Trinajstić information content (AvgIpc) is 1.59. The molecule has 0 radical (unpaired) electrons. The van der Waals surface area contributed by atoms with E-state index in [0.29, 0.717) is 0 Å². The minimum absolute atomic E-state index is 1.26. The smallest absolute Gasteiger partial charge is 0.238 e. The van der Waals surface area contributed by atoms with Crippen LogP contribution in [0.25, 0.3) is 20.4 Å². The van der Waals surface area contributed by atoms with Crippen molar-refractivity contribution in [2.24, 2.45) is 0 Å². The van der Waals surface area contributed by atoms with Gasteiger partial charge in [-0.2, -0.15) is 9.13 Å². The first-order valence-electron chi connectivity index (χ1n) is 66.0. The van der Waals surface area contributed by atoms with Crippen molar-refractivity contribution in [3.63, 3.8) is 0 Å². The van der Waals surface area contributed by atoms with Gasteiger partial charge >= 0.3 is 0 Å². The summed E-state index contributed by atoms with van der Waals surface area (Å²) in [4.78, 5) is 0. The topological polar surface area (TPSA) is 88.0 Å². The van der Waals surface area contributed by atoms with Crippen LogP contribution in [0.15, 0.2) is 0 Å². The Hall–Kier alpha value is -1.91. The minimum atomic E-state index is -5.17. The molecule has 0 aliphatic heterocycles. The van der Waals surface area contributed by atoms with E-state index in [-0.39, 0.29) is 0 Å². The molecule has 0 saturated heterocycles. The van der Waals surface area contributed by atoms with Gasteiger partial charge in [-0.05, 0) is 162 Å². The second kappa shape index (κ2) is 103. The van der Waals surface area contributed by atoms with Crippen LogP contribution in [0.5, 0.6) is 0 Å². The molecule has 0 amide bonds. The van der Waals surface area contributed by atoms with Crippen molar-refractivity contribution in [3.05, 3.63) is 54.5 Å². The predicted molar refractivity (Wildman–Crippen MR) is 643 cm³/mol. The zero-order valence-corrected chi connectivity index (χ0v) is 102. The quantitative estimate of drug-likeness (QED) is 0.0191. The van der Waals surface area contributed by atoms with E-state index in [1.807, 2.05) is 44.5 Å². The molecule has 0 atom stereocenters. The third-order valence-electron chi connectivity index (χ3n) is 32.5. The summed E-state index contributed by atoms with van der Waals surface area (Å²) < 4.78 is 43.8. The Bertz CT molecular complexity index is 3260. The lowest BCUT2D eigenvalue weighted by atomic mass is 9.84. The molecule has 0 aliphatic carbocycles. The second-order valence-corrected chi connectivity index (χ2v) is 49.1. The summed E-state index contributed by atoms with van der Waals surface area (Å²) in [5.74, 6) is 0. The third-order valence-corrected chi connectivity index (χ3v) is 35.1. The molecule has 143 heavy (non-hydrogen) atoms. The highest BCUT2D eigenvalue weighted by Gasteiger charge is 2.33. The number of hydrogen-bond acceptors (Lipinski definition) is 6. The van der Waals surface area contributed by atoms with Crippen molar-refractivity contribution in [2.45, 2.75) is 777 Å². The van der Waals surface area contributed by atoms with Gasteiger partial charge in [0.2, 0.25) is 21.0 Å². The molecule has 0 fully saturated rings. The van der Waals surface area contributed by atoms with Crippen molar-refractivity contribution in [1.29, 1.82) is 0 Å². The number of aryl methyl sites for hydroxylation is 8. The molecule has 0 spiro atoms. The van der Waals surface area contributed by atoms with Crippen LogP contribution in [-0.4, -0.2) is 17.5 Å². The maximum absolute atomic E-state index is 8.52. The molecular weight excluding hydrogens is 1800 g/mol. The van der Waals surface area contributed by atoms with Crippen LogP contribution >= 0.6 is 22.7 Å². The number of hydrogen-bond donors (Lipinski definition) is 0. The Morgan fingerprint density at radius 1 is 0.154 bits per heavy atom. The van der Waals surface area contributed by atoms with E-state index in [4.69, 9.17) is 17.5 Å². The van der Waals surface area contributed by atoms with E-state index in [1.165, 1.54) is 694 Å². The fourth-order valence-corrected chi connectivity index (χ4v) is 26.4. The Kier molecular flexibility index (Phi) is 98.9. The molecule has 4 aromatic rings. The molecule has 4 rings (SSSR count). The number of fused-ring (bicyclic) bond motifs is 2. The summed E-state index contributed by atoms with van der Waals surface area (Å²) in [6.45, 7) is 30.9. The van der Waals surface area contributed by atoms with E-state index in [2.05, 4.69) is 115 Å². The van der Waals surface area contributed by atoms with Gasteiger partial charge in [-0.3, -0.25) is 8.42 Å². The summed E-state index contributed by atoms with van der Waals surface area (Å²) in [6, 6.07) is 0. The first-order valence-corrected chi connectivity index (χ1v) is 69.0. The zero-order chi connectivity index (χ0) is 104. The van der Waals surface area contributed by atoms with Crippen LogP contribution in [0, 0.1) is 0 Å². The molecule has 0 bridgehead atoms. The molecule has 840 valence electrons. The molecule has 2 heterocycles. The van der Waals surface area contributed by atoms with Crippen LogP contribution < -0.4 is 9.13 Å². The van der Waals surface area contributed by atoms with Crippen LogP contribution in [0.2, 0.25) is 0 Å². The van der Waals surface area contributed by atoms with Gasteiger partial charge in [-0.25, -0.2) is 0 Å². The molecule has 9 heteroatoms. The van der Waals surface area contributed by atoms with Crippen LogP contribution in [0.3, 0.4) is 0 Å². The maximum Gasteiger partial charge on any atom is 0.238 e. The van der Waals surface area contributed by atoms with Crippen LogP contribution in [-0.2, 0) is 87.7 Å². The van der Waals surface area contributed by atoms with Crippen molar-refractivity contribution >= 4 is 53.5 Å². The molecule has 0 unspecified atom stereocenters. The number of nitrogens with zero attached hydrogens (tertiary/aromatic N) is 2. The first kappa shape index (κ1) is 137. The van der Waals surface area contributed by atoms with E-state index in [9.17, 15) is 0 Å². The standard InChI is InChI=1S/2C67H126NS.H2O4S/c2*1-7-13-19-25-31-37-43-49-55-61-62(56-50-44-38-32-26-20-14-8-2)64(58-52-46-40-34-28-22-16-10-4)67-66(63(61)57-51-45-39-33-27-21-15-9-3)68(60-54-48-42-36-30-24-18-12-6)65(69-67)59-53-47-41-35-29-23-17-11-5;1-5(2,3)4/h2*7-60H2,1-6H3;(H2,1,2,3,4)/q2*+1;/p-2. The van der Waals surface area contributed by atoms with Gasteiger partial charge in [0.1, 0.15) is 22.5 Å². The largest absolute Gasteiger partial charge is 0.759 e. The normalized spacial score (nSPS) is 11.8. The lowest BCUT2D eigenvalue weighted by Gasteiger charge is -2.20. The highest BCUT2D eigenvalue weighted by Crippen LogP contribution is 2.42. The fourth-order valence-electron chi connectivity index (χ4n) is 23.5. The zero-order valence-electron chi connectivity index (χ0n) is 99.1. The lowest BCUT2D eigenvalue weighted by molar-refractivity contribution is -0.675. The Labute approximate surface area is 904 Å². The molecule has 6 nitrogen and oxygen atoms in total. The van der Waals surface area contributed by atoms with Gasteiger partial charge in [0.05, 0.1) is 0 Å².